The number of guanidine groups is 1. The molecule has 0 unspecified atom stereocenters. The molecule has 6 nitrogen and oxygen atoms in total. The molecule has 0 aromatic heterocycles. The zero-order valence-electron chi connectivity index (χ0n) is 19.6. The molecule has 2 N–H and O–H groups in total. The van der Waals surface area contributed by atoms with Gasteiger partial charge in [-0.1, -0.05) is 25.0 Å². The van der Waals surface area contributed by atoms with E-state index >= 15 is 0 Å². The molecule has 0 aliphatic heterocycles. The smallest absolute Gasteiger partial charge is 0.191 e. The molecule has 178 valence electrons. The van der Waals surface area contributed by atoms with Crippen LogP contribution in [0.15, 0.2) is 29.3 Å². The normalized spacial score (nSPS) is 15.4. The molecule has 0 spiro atoms. The van der Waals surface area contributed by atoms with Crippen molar-refractivity contribution >= 4 is 29.9 Å². The number of benzene rings is 1. The van der Waals surface area contributed by atoms with Crippen LogP contribution in [-0.4, -0.2) is 52.6 Å². The van der Waals surface area contributed by atoms with Crippen LogP contribution >= 0.6 is 24.0 Å². The third-order valence-electron chi connectivity index (χ3n) is 5.70. The van der Waals surface area contributed by atoms with Crippen molar-refractivity contribution in [1.29, 1.82) is 0 Å². The van der Waals surface area contributed by atoms with Crippen molar-refractivity contribution in [2.75, 3.05) is 46.6 Å². The summed E-state index contributed by atoms with van der Waals surface area (Å²) in [6.07, 6.45) is 7.19. The average Bonchev–Trinajstić information content (AvgIpc) is 3.23. The molecule has 1 aromatic carbocycles. The van der Waals surface area contributed by atoms with E-state index in [9.17, 15) is 0 Å². The van der Waals surface area contributed by atoms with Crippen LogP contribution in [0.2, 0.25) is 0 Å². The van der Waals surface area contributed by atoms with Crippen molar-refractivity contribution in [2.24, 2.45) is 10.4 Å². The monoisotopic (exact) mass is 547 g/mol. The van der Waals surface area contributed by atoms with Gasteiger partial charge in [-0.05, 0) is 56.2 Å². The van der Waals surface area contributed by atoms with E-state index in [4.69, 9.17) is 19.2 Å². The van der Waals surface area contributed by atoms with Gasteiger partial charge in [-0.15, -0.1) is 24.0 Å². The summed E-state index contributed by atoms with van der Waals surface area (Å²) in [6, 6.07) is 8.18. The Kier molecular flexibility index (Phi) is 14.9. The highest BCUT2D eigenvalue weighted by Gasteiger charge is 2.33. The maximum Gasteiger partial charge on any atom is 0.191 e. The predicted molar refractivity (Wildman–Crippen MR) is 139 cm³/mol. The fourth-order valence-corrected chi connectivity index (χ4v) is 3.98. The van der Waals surface area contributed by atoms with E-state index in [0.717, 1.165) is 56.4 Å². The molecule has 2 rings (SSSR count). The number of hydrogen-bond acceptors (Lipinski definition) is 4. The van der Waals surface area contributed by atoms with E-state index in [-0.39, 0.29) is 24.0 Å². The lowest BCUT2D eigenvalue weighted by atomic mass is 9.83. The van der Waals surface area contributed by atoms with Crippen molar-refractivity contribution in [3.8, 4) is 5.75 Å². The van der Waals surface area contributed by atoms with Crippen molar-refractivity contribution < 1.29 is 14.2 Å². The number of nitrogens with one attached hydrogen (secondary N) is 2. The number of ether oxygens (including phenoxy) is 3. The topological polar surface area (TPSA) is 64.1 Å². The minimum Gasteiger partial charge on any atom is -0.493 e. The van der Waals surface area contributed by atoms with Gasteiger partial charge < -0.3 is 24.8 Å². The van der Waals surface area contributed by atoms with Gasteiger partial charge in [0, 0.05) is 46.4 Å². The van der Waals surface area contributed by atoms with Gasteiger partial charge in [-0.2, -0.15) is 0 Å². The van der Waals surface area contributed by atoms with Gasteiger partial charge in [-0.25, -0.2) is 4.99 Å². The summed E-state index contributed by atoms with van der Waals surface area (Å²) in [5, 5.41) is 6.99. The van der Waals surface area contributed by atoms with Crippen LogP contribution < -0.4 is 15.4 Å². The lowest BCUT2D eigenvalue weighted by molar-refractivity contribution is 0.105. The van der Waals surface area contributed by atoms with Crippen LogP contribution in [-0.2, 0) is 16.0 Å². The van der Waals surface area contributed by atoms with Crippen molar-refractivity contribution in [3.05, 3.63) is 29.8 Å². The number of hydrogen-bond donors (Lipinski definition) is 2. The maximum absolute atomic E-state index is 5.81. The van der Waals surface area contributed by atoms with Crippen molar-refractivity contribution in [2.45, 2.75) is 58.9 Å². The number of aliphatic imine (C=N–C) groups is 1. The van der Waals surface area contributed by atoms with Crippen LogP contribution in [0.1, 0.15) is 57.9 Å². The standard InChI is InChI=1S/C24H41N3O3.HI/c1-4-25-23(27-20-24(12-6-7-13-24)14-17-29-5-2)26-19-21-10-8-11-22(18-21)30-16-9-15-28-3;/h8,10-11,18H,4-7,9,12-17,19-20H2,1-3H3,(H2,25,26,27);1H. The third kappa shape index (κ3) is 10.9. The Morgan fingerprint density at radius 3 is 2.61 bits per heavy atom. The van der Waals surface area contributed by atoms with E-state index in [2.05, 4.69) is 36.6 Å². The number of rotatable bonds is 14. The lowest BCUT2D eigenvalue weighted by Crippen LogP contribution is -2.43. The molecule has 0 bridgehead atoms. The van der Waals surface area contributed by atoms with E-state index in [0.29, 0.717) is 25.2 Å². The first-order valence-electron chi connectivity index (χ1n) is 11.5. The molecule has 0 radical (unpaired) electrons. The van der Waals surface area contributed by atoms with Crippen molar-refractivity contribution in [3.63, 3.8) is 0 Å². The quantitative estimate of drug-likeness (QED) is 0.152. The molecule has 31 heavy (non-hydrogen) atoms. The molecule has 1 aliphatic rings. The first kappa shape index (κ1) is 28.0. The molecule has 0 heterocycles. The van der Waals surface area contributed by atoms with E-state index in [1.54, 1.807) is 7.11 Å². The summed E-state index contributed by atoms with van der Waals surface area (Å²) in [4.78, 5) is 4.81. The Hall–Kier alpha value is -1.06. The Bertz CT molecular complexity index is 622. The summed E-state index contributed by atoms with van der Waals surface area (Å²) in [5.41, 5.74) is 1.48. The first-order valence-corrected chi connectivity index (χ1v) is 11.5. The Balaban J connectivity index is 0.00000480. The highest BCUT2D eigenvalue weighted by molar-refractivity contribution is 14.0. The summed E-state index contributed by atoms with van der Waals surface area (Å²) in [5.74, 6) is 1.77. The summed E-state index contributed by atoms with van der Waals surface area (Å²) >= 11 is 0. The van der Waals surface area contributed by atoms with Crippen molar-refractivity contribution in [1.82, 2.24) is 10.6 Å². The van der Waals surface area contributed by atoms with Gasteiger partial charge in [0.2, 0.25) is 0 Å². The van der Waals surface area contributed by atoms with Gasteiger partial charge in [0.1, 0.15) is 5.75 Å². The van der Waals surface area contributed by atoms with Crippen LogP contribution in [0.4, 0.5) is 0 Å². The van der Waals surface area contributed by atoms with E-state index in [1.807, 2.05) is 12.1 Å². The molecule has 0 atom stereocenters. The van der Waals surface area contributed by atoms with E-state index < -0.39 is 0 Å². The molecule has 7 heteroatoms. The highest BCUT2D eigenvalue weighted by atomic mass is 127. The Morgan fingerprint density at radius 1 is 1.10 bits per heavy atom. The highest BCUT2D eigenvalue weighted by Crippen LogP contribution is 2.40. The summed E-state index contributed by atoms with van der Waals surface area (Å²) in [7, 11) is 1.71. The zero-order chi connectivity index (χ0) is 21.5. The van der Waals surface area contributed by atoms with Crippen LogP contribution in [0.5, 0.6) is 5.75 Å². The summed E-state index contributed by atoms with van der Waals surface area (Å²) in [6.45, 7) is 9.61. The number of halogens is 1. The SMILES string of the molecule is CCNC(=NCc1cccc(OCCCOC)c1)NCC1(CCOCC)CCCC1.I. The Labute approximate surface area is 205 Å². The average molecular weight is 548 g/mol. The fourth-order valence-electron chi connectivity index (χ4n) is 3.98. The van der Waals surface area contributed by atoms with Gasteiger partial charge in [-0.3, -0.25) is 0 Å². The summed E-state index contributed by atoms with van der Waals surface area (Å²) < 4.78 is 16.5. The molecule has 1 fully saturated rings. The molecular formula is C24H42IN3O3. The largest absolute Gasteiger partial charge is 0.493 e. The van der Waals surface area contributed by atoms with E-state index in [1.165, 1.54) is 25.7 Å². The first-order chi connectivity index (χ1) is 14.7. The number of nitrogens with zero attached hydrogens (tertiary/aromatic N) is 1. The zero-order valence-corrected chi connectivity index (χ0v) is 21.9. The van der Waals surface area contributed by atoms with Gasteiger partial charge >= 0.3 is 0 Å². The van der Waals surface area contributed by atoms with Crippen LogP contribution in [0, 0.1) is 5.41 Å². The van der Waals surface area contributed by atoms with Gasteiger partial charge in [0.05, 0.1) is 13.2 Å². The maximum atomic E-state index is 5.81. The van der Waals surface area contributed by atoms with Gasteiger partial charge in [0.15, 0.2) is 5.96 Å². The minimum absolute atomic E-state index is 0. The molecule has 1 aromatic rings. The molecular weight excluding hydrogens is 505 g/mol. The third-order valence-corrected chi connectivity index (χ3v) is 5.70. The number of methoxy groups -OCH3 is 1. The Morgan fingerprint density at radius 2 is 1.90 bits per heavy atom. The van der Waals surface area contributed by atoms with Gasteiger partial charge in [0.25, 0.3) is 0 Å². The predicted octanol–water partition coefficient (Wildman–Crippen LogP) is 4.76. The molecule has 1 saturated carbocycles. The molecule has 0 saturated heterocycles. The van der Waals surface area contributed by atoms with Crippen LogP contribution in [0.3, 0.4) is 0 Å². The lowest BCUT2D eigenvalue weighted by Gasteiger charge is -2.30. The fraction of sp³-hybridized carbons (Fsp3) is 0.708. The molecule has 0 amide bonds. The second kappa shape index (κ2) is 16.6. The minimum atomic E-state index is 0. The second-order valence-electron chi connectivity index (χ2n) is 8.04. The van der Waals surface area contributed by atoms with Crippen LogP contribution in [0.25, 0.3) is 0 Å². The molecule has 1 aliphatic carbocycles. The second-order valence-corrected chi connectivity index (χ2v) is 8.04.